The van der Waals surface area contributed by atoms with Crippen LogP contribution in [-0.2, 0) is 13.6 Å². The molecule has 0 aromatic carbocycles. The van der Waals surface area contributed by atoms with Crippen molar-refractivity contribution in [3.05, 3.63) is 47.8 Å². The molecule has 0 unspecified atom stereocenters. The maximum atomic E-state index is 13.9. The summed E-state index contributed by atoms with van der Waals surface area (Å²) >= 11 is 0. The number of halogens is 1. The zero-order valence-electron chi connectivity index (χ0n) is 13.9. The van der Waals surface area contributed by atoms with Crippen molar-refractivity contribution in [2.45, 2.75) is 25.2 Å². The predicted octanol–water partition coefficient (Wildman–Crippen LogP) is 1.03. The largest absolute Gasteiger partial charge is 0.349 e. The standard InChI is InChI=1S/C17H19FN6O/c1-23-5-4-20-16(23)11-24-10-13(18)6-14(24)9-22-17(25)15-3-2-12(7-19)8-21-15/h2-5,8,13-14H,6,9-11H2,1H3,(H,22,25)/t13-,14-/m0/s1. The summed E-state index contributed by atoms with van der Waals surface area (Å²) in [4.78, 5) is 22.4. The van der Waals surface area contributed by atoms with Gasteiger partial charge in [-0.3, -0.25) is 9.69 Å². The molecule has 1 saturated heterocycles. The maximum Gasteiger partial charge on any atom is 0.269 e. The Labute approximate surface area is 145 Å². The lowest BCUT2D eigenvalue weighted by Crippen LogP contribution is -2.40. The van der Waals surface area contributed by atoms with Gasteiger partial charge in [0, 0.05) is 44.8 Å². The van der Waals surface area contributed by atoms with Crippen LogP contribution in [0.25, 0.3) is 0 Å². The number of imidazole rings is 1. The summed E-state index contributed by atoms with van der Waals surface area (Å²) < 4.78 is 15.8. The van der Waals surface area contributed by atoms with Crippen molar-refractivity contribution in [2.75, 3.05) is 13.1 Å². The summed E-state index contributed by atoms with van der Waals surface area (Å²) in [5.41, 5.74) is 0.637. The topological polar surface area (TPSA) is 86.8 Å². The molecule has 0 radical (unpaired) electrons. The molecule has 2 aromatic rings. The van der Waals surface area contributed by atoms with Crippen LogP contribution in [0.5, 0.6) is 0 Å². The van der Waals surface area contributed by atoms with Crippen molar-refractivity contribution in [3.63, 3.8) is 0 Å². The molecule has 3 heterocycles. The van der Waals surface area contributed by atoms with Crippen LogP contribution in [0.2, 0.25) is 0 Å². The van der Waals surface area contributed by atoms with Crippen LogP contribution >= 0.6 is 0 Å². The van der Waals surface area contributed by atoms with E-state index in [0.717, 1.165) is 5.82 Å². The Morgan fingerprint density at radius 3 is 2.96 bits per heavy atom. The minimum Gasteiger partial charge on any atom is -0.349 e. The number of hydrogen-bond donors (Lipinski definition) is 1. The van der Waals surface area contributed by atoms with E-state index in [9.17, 15) is 9.18 Å². The van der Waals surface area contributed by atoms with Gasteiger partial charge in [-0.05, 0) is 18.6 Å². The number of aryl methyl sites for hydroxylation is 1. The molecule has 1 amide bonds. The first-order chi connectivity index (χ1) is 12.1. The van der Waals surface area contributed by atoms with Crippen molar-refractivity contribution >= 4 is 5.91 Å². The average Bonchev–Trinajstić information content (AvgIpc) is 3.18. The SMILES string of the molecule is Cn1ccnc1CN1C[C@@H](F)C[C@H]1CNC(=O)c1ccc(C#N)cn1. The number of likely N-dealkylation sites (tertiary alicyclic amines) is 1. The number of carbonyl (C=O) groups is 1. The Kier molecular flexibility index (Phi) is 5.05. The van der Waals surface area contributed by atoms with Crippen LogP contribution in [0.4, 0.5) is 4.39 Å². The minimum absolute atomic E-state index is 0.0889. The average molecular weight is 342 g/mol. The van der Waals surface area contributed by atoms with E-state index in [0.29, 0.717) is 31.6 Å². The first-order valence-corrected chi connectivity index (χ1v) is 8.05. The Bertz CT molecular complexity index is 781. The number of rotatable bonds is 5. The summed E-state index contributed by atoms with van der Waals surface area (Å²) in [6, 6.07) is 4.92. The first kappa shape index (κ1) is 17.0. The van der Waals surface area contributed by atoms with Crippen LogP contribution in [0.3, 0.4) is 0 Å². The van der Waals surface area contributed by atoms with Crippen LogP contribution in [0.15, 0.2) is 30.7 Å². The minimum atomic E-state index is -0.907. The predicted molar refractivity (Wildman–Crippen MR) is 88.2 cm³/mol. The van der Waals surface area contributed by atoms with E-state index < -0.39 is 6.17 Å². The van der Waals surface area contributed by atoms with Crippen molar-refractivity contribution in [2.24, 2.45) is 7.05 Å². The maximum absolute atomic E-state index is 13.9. The molecular weight excluding hydrogens is 323 g/mol. The van der Waals surface area contributed by atoms with E-state index in [1.165, 1.54) is 12.3 Å². The van der Waals surface area contributed by atoms with E-state index in [1.807, 2.05) is 28.8 Å². The lowest BCUT2D eigenvalue weighted by atomic mass is 10.2. The zero-order chi connectivity index (χ0) is 17.8. The second kappa shape index (κ2) is 7.40. The Morgan fingerprint density at radius 1 is 1.48 bits per heavy atom. The molecule has 0 aliphatic carbocycles. The van der Waals surface area contributed by atoms with Crippen molar-refractivity contribution in [3.8, 4) is 6.07 Å². The van der Waals surface area contributed by atoms with Crippen molar-refractivity contribution < 1.29 is 9.18 Å². The molecule has 0 bridgehead atoms. The summed E-state index contributed by atoms with van der Waals surface area (Å²) in [6.07, 6.45) is 4.40. The summed E-state index contributed by atoms with van der Waals surface area (Å²) in [5.74, 6) is 0.530. The van der Waals surface area contributed by atoms with Gasteiger partial charge in [0.25, 0.3) is 5.91 Å². The third-order valence-electron chi connectivity index (χ3n) is 4.37. The van der Waals surface area contributed by atoms with E-state index in [-0.39, 0.29) is 17.6 Å². The highest BCUT2D eigenvalue weighted by molar-refractivity contribution is 5.92. The summed E-state index contributed by atoms with van der Waals surface area (Å²) in [6.45, 7) is 1.22. The third-order valence-corrected chi connectivity index (χ3v) is 4.37. The normalized spacial score (nSPS) is 20.4. The quantitative estimate of drug-likeness (QED) is 0.877. The number of amides is 1. The van der Waals surface area contributed by atoms with Gasteiger partial charge in [0.2, 0.25) is 0 Å². The molecule has 2 aromatic heterocycles. The summed E-state index contributed by atoms with van der Waals surface area (Å²) in [7, 11) is 1.90. The molecule has 1 fully saturated rings. The fourth-order valence-electron chi connectivity index (χ4n) is 2.95. The third kappa shape index (κ3) is 4.00. The Hall–Kier alpha value is -2.79. The highest BCUT2D eigenvalue weighted by Crippen LogP contribution is 2.22. The second-order valence-electron chi connectivity index (χ2n) is 6.12. The number of nitrogens with zero attached hydrogens (tertiary/aromatic N) is 5. The van der Waals surface area contributed by atoms with Gasteiger partial charge in [-0.15, -0.1) is 0 Å². The van der Waals surface area contributed by atoms with Crippen molar-refractivity contribution in [1.82, 2.24) is 24.8 Å². The fourth-order valence-corrected chi connectivity index (χ4v) is 2.95. The first-order valence-electron chi connectivity index (χ1n) is 8.05. The molecule has 1 N–H and O–H groups in total. The Balaban J connectivity index is 1.59. The highest BCUT2D eigenvalue weighted by Gasteiger charge is 2.32. The molecule has 0 spiro atoms. The number of nitriles is 1. The number of hydrogen-bond acceptors (Lipinski definition) is 5. The number of alkyl halides is 1. The number of nitrogens with one attached hydrogen (secondary N) is 1. The number of carbonyl (C=O) groups excluding carboxylic acids is 1. The molecule has 3 rings (SSSR count). The fraction of sp³-hybridized carbons (Fsp3) is 0.412. The van der Waals surface area contributed by atoms with Gasteiger partial charge in [0.1, 0.15) is 23.8 Å². The van der Waals surface area contributed by atoms with Gasteiger partial charge in [-0.25, -0.2) is 14.4 Å². The molecule has 130 valence electrons. The number of pyridine rings is 1. The van der Waals surface area contributed by atoms with Gasteiger partial charge in [0.15, 0.2) is 0 Å². The highest BCUT2D eigenvalue weighted by atomic mass is 19.1. The molecule has 1 aliphatic rings. The lowest BCUT2D eigenvalue weighted by molar-refractivity contribution is 0.0934. The number of aromatic nitrogens is 3. The van der Waals surface area contributed by atoms with Gasteiger partial charge >= 0.3 is 0 Å². The van der Waals surface area contributed by atoms with Crippen LogP contribution in [0, 0.1) is 11.3 Å². The molecule has 25 heavy (non-hydrogen) atoms. The van der Waals surface area contributed by atoms with Crippen molar-refractivity contribution in [1.29, 1.82) is 5.26 Å². The van der Waals surface area contributed by atoms with E-state index in [1.54, 1.807) is 12.3 Å². The zero-order valence-corrected chi connectivity index (χ0v) is 13.9. The Morgan fingerprint density at radius 2 is 2.32 bits per heavy atom. The van der Waals surface area contributed by atoms with E-state index >= 15 is 0 Å². The molecule has 0 saturated carbocycles. The van der Waals surface area contributed by atoms with Gasteiger partial charge in [-0.2, -0.15) is 5.26 Å². The van der Waals surface area contributed by atoms with Gasteiger partial charge < -0.3 is 9.88 Å². The molecule has 2 atom stereocenters. The smallest absolute Gasteiger partial charge is 0.269 e. The van der Waals surface area contributed by atoms with Crippen LogP contribution in [-0.4, -0.2) is 50.6 Å². The molecule has 1 aliphatic heterocycles. The van der Waals surface area contributed by atoms with Gasteiger partial charge in [0.05, 0.1) is 12.1 Å². The van der Waals surface area contributed by atoms with E-state index in [4.69, 9.17) is 5.26 Å². The van der Waals surface area contributed by atoms with Crippen LogP contribution < -0.4 is 5.32 Å². The monoisotopic (exact) mass is 342 g/mol. The van der Waals surface area contributed by atoms with Gasteiger partial charge in [-0.1, -0.05) is 0 Å². The van der Waals surface area contributed by atoms with E-state index in [2.05, 4.69) is 15.3 Å². The molecule has 8 heteroatoms. The van der Waals surface area contributed by atoms with Crippen LogP contribution in [0.1, 0.15) is 28.3 Å². The molecule has 7 nitrogen and oxygen atoms in total. The second-order valence-corrected chi connectivity index (χ2v) is 6.12. The molecular formula is C17H19FN6O. The summed E-state index contributed by atoms with van der Waals surface area (Å²) in [5, 5.41) is 11.6. The lowest BCUT2D eigenvalue weighted by Gasteiger charge is -2.23.